The molecule has 1 saturated carbocycles. The van der Waals surface area contributed by atoms with E-state index >= 15 is 0 Å². The summed E-state index contributed by atoms with van der Waals surface area (Å²) in [7, 11) is 1.68. The Morgan fingerprint density at radius 3 is 2.39 bits per heavy atom. The SMILES string of the molecule is COc1ccc([C@@H]2Cc3ccccc3C23CCC(Nc2cccc(Cl)c2)(C(=O)O)CC3)cc1. The van der Waals surface area contributed by atoms with E-state index in [9.17, 15) is 9.90 Å². The molecule has 1 fully saturated rings. The second kappa shape index (κ2) is 8.42. The number of carboxylic acid groups (broad SMARTS) is 1. The Hall–Kier alpha value is -2.98. The van der Waals surface area contributed by atoms with Gasteiger partial charge < -0.3 is 15.2 Å². The molecule has 2 aliphatic rings. The molecule has 5 heteroatoms. The van der Waals surface area contributed by atoms with Gasteiger partial charge in [0, 0.05) is 16.1 Å². The molecule has 0 bridgehead atoms. The highest BCUT2D eigenvalue weighted by Crippen LogP contribution is 2.58. The standard InChI is InChI=1S/C28H28ClNO3/c1-33-23-11-9-19(10-12-23)25-17-20-5-2-3-8-24(20)27(25)13-15-28(16-14-27,26(31)32)30-22-7-4-6-21(29)18-22/h2-12,18,25,30H,13-17H2,1H3,(H,31,32)/t25-,27?,28?/m0/s1. The van der Waals surface area contributed by atoms with Gasteiger partial charge >= 0.3 is 5.97 Å². The van der Waals surface area contributed by atoms with Crippen LogP contribution in [0.2, 0.25) is 5.02 Å². The van der Waals surface area contributed by atoms with Crippen molar-refractivity contribution >= 4 is 23.3 Å². The van der Waals surface area contributed by atoms with Gasteiger partial charge in [-0.1, -0.05) is 54.1 Å². The fraction of sp³-hybridized carbons (Fsp3) is 0.321. The minimum absolute atomic E-state index is 0.0693. The van der Waals surface area contributed by atoms with E-state index in [0.717, 1.165) is 30.7 Å². The van der Waals surface area contributed by atoms with Crippen molar-refractivity contribution in [2.45, 2.75) is 49.0 Å². The lowest BCUT2D eigenvalue weighted by Gasteiger charge is -2.47. The number of carboxylic acids is 1. The third kappa shape index (κ3) is 3.76. The number of methoxy groups -OCH3 is 1. The Labute approximate surface area is 199 Å². The zero-order valence-electron chi connectivity index (χ0n) is 18.7. The van der Waals surface area contributed by atoms with Gasteiger partial charge in [0.2, 0.25) is 0 Å². The number of anilines is 1. The molecule has 3 aromatic carbocycles. The molecule has 170 valence electrons. The average molecular weight is 462 g/mol. The Morgan fingerprint density at radius 2 is 1.73 bits per heavy atom. The predicted octanol–water partition coefficient (Wildman–Crippen LogP) is 6.44. The van der Waals surface area contributed by atoms with E-state index < -0.39 is 11.5 Å². The average Bonchev–Trinajstić information content (AvgIpc) is 3.15. The molecule has 2 N–H and O–H groups in total. The summed E-state index contributed by atoms with van der Waals surface area (Å²) in [6, 6.07) is 24.4. The fourth-order valence-electron chi connectivity index (χ4n) is 6.04. The Bertz CT molecular complexity index is 1170. The van der Waals surface area contributed by atoms with Crippen LogP contribution in [0.1, 0.15) is 48.3 Å². The Morgan fingerprint density at radius 1 is 1.00 bits per heavy atom. The molecular weight excluding hydrogens is 434 g/mol. The maximum Gasteiger partial charge on any atom is 0.329 e. The van der Waals surface area contributed by atoms with Crippen molar-refractivity contribution in [1.29, 1.82) is 0 Å². The van der Waals surface area contributed by atoms with Crippen LogP contribution in [0.25, 0.3) is 0 Å². The summed E-state index contributed by atoms with van der Waals surface area (Å²) in [5.41, 5.74) is 3.73. The van der Waals surface area contributed by atoms with E-state index in [1.54, 1.807) is 19.2 Å². The van der Waals surface area contributed by atoms with Crippen molar-refractivity contribution in [2.75, 3.05) is 12.4 Å². The second-order valence-corrected chi connectivity index (χ2v) is 9.80. The number of rotatable bonds is 5. The van der Waals surface area contributed by atoms with Crippen LogP contribution in [0.15, 0.2) is 72.8 Å². The van der Waals surface area contributed by atoms with Crippen molar-refractivity contribution in [3.63, 3.8) is 0 Å². The molecule has 0 radical (unpaired) electrons. The molecule has 0 saturated heterocycles. The zero-order chi connectivity index (χ0) is 23.1. The summed E-state index contributed by atoms with van der Waals surface area (Å²) in [6.07, 6.45) is 3.69. The quantitative estimate of drug-likeness (QED) is 0.459. The number of benzene rings is 3. The van der Waals surface area contributed by atoms with Crippen LogP contribution in [0.4, 0.5) is 5.69 Å². The lowest BCUT2D eigenvalue weighted by Crippen LogP contribution is -2.52. The largest absolute Gasteiger partial charge is 0.497 e. The molecule has 0 aromatic heterocycles. The van der Waals surface area contributed by atoms with E-state index in [1.807, 2.05) is 24.3 Å². The third-order valence-electron chi connectivity index (χ3n) is 7.78. The normalized spacial score (nSPS) is 26.1. The zero-order valence-corrected chi connectivity index (χ0v) is 19.4. The molecule has 4 nitrogen and oxygen atoms in total. The van der Waals surface area contributed by atoms with E-state index in [0.29, 0.717) is 23.8 Å². The van der Waals surface area contributed by atoms with Crippen molar-refractivity contribution in [3.8, 4) is 5.75 Å². The van der Waals surface area contributed by atoms with Gasteiger partial charge in [-0.05, 0) is 85.0 Å². The van der Waals surface area contributed by atoms with Gasteiger partial charge in [0.15, 0.2) is 0 Å². The maximum absolute atomic E-state index is 12.5. The predicted molar refractivity (Wildman–Crippen MR) is 131 cm³/mol. The first-order valence-corrected chi connectivity index (χ1v) is 11.8. The molecular formula is C28H28ClNO3. The van der Waals surface area contributed by atoms with Crippen LogP contribution in [-0.4, -0.2) is 23.7 Å². The third-order valence-corrected chi connectivity index (χ3v) is 8.01. The van der Waals surface area contributed by atoms with Gasteiger partial charge in [0.1, 0.15) is 11.3 Å². The van der Waals surface area contributed by atoms with Crippen molar-refractivity contribution in [1.82, 2.24) is 0 Å². The number of carbonyl (C=O) groups is 1. The molecule has 0 heterocycles. The summed E-state index contributed by atoms with van der Waals surface area (Å²) in [5.74, 6) is 0.367. The minimum Gasteiger partial charge on any atom is -0.497 e. The van der Waals surface area contributed by atoms with Crippen LogP contribution >= 0.6 is 11.6 Å². The summed E-state index contributed by atoms with van der Waals surface area (Å²) >= 11 is 6.15. The van der Waals surface area contributed by atoms with E-state index in [-0.39, 0.29) is 5.41 Å². The van der Waals surface area contributed by atoms with Gasteiger partial charge in [0.05, 0.1) is 7.11 Å². The fourth-order valence-corrected chi connectivity index (χ4v) is 6.23. The van der Waals surface area contributed by atoms with Gasteiger partial charge in [-0.15, -0.1) is 0 Å². The molecule has 0 unspecified atom stereocenters. The first-order chi connectivity index (χ1) is 16.0. The summed E-state index contributed by atoms with van der Waals surface area (Å²) in [6.45, 7) is 0. The highest BCUT2D eigenvalue weighted by Gasteiger charge is 2.54. The molecule has 0 amide bonds. The number of hydrogen-bond donors (Lipinski definition) is 2. The highest BCUT2D eigenvalue weighted by atomic mass is 35.5. The topological polar surface area (TPSA) is 58.6 Å². The number of nitrogens with one attached hydrogen (secondary N) is 1. The maximum atomic E-state index is 12.5. The summed E-state index contributed by atoms with van der Waals surface area (Å²) in [4.78, 5) is 12.5. The lowest BCUT2D eigenvalue weighted by molar-refractivity contribution is -0.144. The molecule has 1 spiro atoms. The van der Waals surface area contributed by atoms with Crippen LogP contribution < -0.4 is 10.1 Å². The van der Waals surface area contributed by atoms with Gasteiger partial charge in [-0.25, -0.2) is 4.79 Å². The summed E-state index contributed by atoms with van der Waals surface area (Å²) < 4.78 is 5.37. The molecule has 5 rings (SSSR count). The number of fused-ring (bicyclic) bond motifs is 2. The van der Waals surface area contributed by atoms with Gasteiger partial charge in [-0.2, -0.15) is 0 Å². The summed E-state index contributed by atoms with van der Waals surface area (Å²) in [5, 5.41) is 14.2. The lowest BCUT2D eigenvalue weighted by atomic mass is 9.59. The number of aliphatic carboxylic acids is 1. The van der Waals surface area contributed by atoms with Crippen LogP contribution in [0, 0.1) is 0 Å². The van der Waals surface area contributed by atoms with E-state index in [1.165, 1.54) is 16.7 Å². The number of hydrogen-bond acceptors (Lipinski definition) is 3. The Balaban J connectivity index is 1.49. The molecule has 2 aliphatic carbocycles. The first kappa shape index (κ1) is 21.8. The Kier molecular flexibility index (Phi) is 5.57. The molecule has 1 atom stereocenters. The number of ether oxygens (including phenoxy) is 1. The van der Waals surface area contributed by atoms with Gasteiger partial charge in [-0.3, -0.25) is 0 Å². The molecule has 0 aliphatic heterocycles. The highest BCUT2D eigenvalue weighted by molar-refractivity contribution is 6.30. The van der Waals surface area contributed by atoms with Crippen molar-refractivity contribution < 1.29 is 14.6 Å². The second-order valence-electron chi connectivity index (χ2n) is 9.37. The minimum atomic E-state index is -1.00. The smallest absolute Gasteiger partial charge is 0.329 e. The van der Waals surface area contributed by atoms with Crippen molar-refractivity contribution in [2.24, 2.45) is 0 Å². The van der Waals surface area contributed by atoms with Crippen molar-refractivity contribution in [3.05, 3.63) is 94.5 Å². The van der Waals surface area contributed by atoms with E-state index in [4.69, 9.17) is 16.3 Å². The van der Waals surface area contributed by atoms with Crippen LogP contribution in [0.5, 0.6) is 5.75 Å². The van der Waals surface area contributed by atoms with Crippen LogP contribution in [0.3, 0.4) is 0 Å². The van der Waals surface area contributed by atoms with E-state index in [2.05, 4.69) is 41.7 Å². The first-order valence-electron chi connectivity index (χ1n) is 11.5. The molecule has 33 heavy (non-hydrogen) atoms. The molecule has 3 aromatic rings. The van der Waals surface area contributed by atoms with Gasteiger partial charge in [0.25, 0.3) is 0 Å². The number of halogens is 1. The van der Waals surface area contributed by atoms with Crippen LogP contribution in [-0.2, 0) is 16.6 Å². The monoisotopic (exact) mass is 461 g/mol.